The number of anilines is 1. The van der Waals surface area contributed by atoms with Crippen LogP contribution in [0.1, 0.15) is 37.6 Å². The van der Waals surface area contributed by atoms with Crippen molar-refractivity contribution in [3.8, 4) is 0 Å². The Morgan fingerprint density at radius 2 is 1.88 bits per heavy atom. The van der Waals surface area contributed by atoms with Gasteiger partial charge in [0.1, 0.15) is 0 Å². The Balaban J connectivity index is 1.70. The number of aromatic nitrogens is 1. The summed E-state index contributed by atoms with van der Waals surface area (Å²) in [6, 6.07) is 4.31. The second-order valence-electron chi connectivity index (χ2n) is 7.06. The molecule has 0 radical (unpaired) electrons. The summed E-state index contributed by atoms with van der Waals surface area (Å²) >= 11 is 0. The van der Waals surface area contributed by atoms with Crippen LogP contribution in [0.5, 0.6) is 0 Å². The van der Waals surface area contributed by atoms with Crippen molar-refractivity contribution in [3.63, 3.8) is 0 Å². The first-order valence-corrected chi connectivity index (χ1v) is 11.0. The van der Waals surface area contributed by atoms with Crippen molar-refractivity contribution in [2.45, 2.75) is 33.1 Å². The van der Waals surface area contributed by atoms with Crippen molar-refractivity contribution < 1.29 is 8.42 Å². The van der Waals surface area contributed by atoms with Crippen LogP contribution in [-0.4, -0.2) is 74.4 Å². The number of hydrogen-bond acceptors (Lipinski definition) is 5. The molecule has 3 rings (SSSR count). The summed E-state index contributed by atoms with van der Waals surface area (Å²) in [4.78, 5) is 7.02. The van der Waals surface area contributed by atoms with Gasteiger partial charge in [-0.2, -0.15) is 17.0 Å². The molecule has 8 heteroatoms. The zero-order valence-electron chi connectivity index (χ0n) is 16.1. The van der Waals surface area contributed by atoms with Crippen LogP contribution < -0.4 is 10.2 Å². The molecule has 0 aliphatic carbocycles. The molecule has 0 spiro atoms. The third-order valence-electron chi connectivity index (χ3n) is 5.40. The molecular weight excluding hydrogens is 350 g/mol. The monoisotopic (exact) mass is 381 g/mol. The van der Waals surface area contributed by atoms with E-state index in [0.717, 1.165) is 30.9 Å². The fourth-order valence-electron chi connectivity index (χ4n) is 3.86. The molecule has 0 bridgehead atoms. The topological polar surface area (TPSA) is 68.8 Å². The van der Waals surface area contributed by atoms with Gasteiger partial charge in [-0.3, -0.25) is 4.98 Å². The van der Waals surface area contributed by atoms with E-state index in [0.29, 0.717) is 45.2 Å². The first kappa shape index (κ1) is 19.5. The molecule has 7 nitrogen and oxygen atoms in total. The largest absolute Gasteiger partial charge is 0.369 e. The number of nitrogens with zero attached hydrogens (tertiary/aromatic N) is 4. The predicted octanol–water partition coefficient (Wildman–Crippen LogP) is 1.18. The van der Waals surface area contributed by atoms with E-state index in [1.807, 2.05) is 20.8 Å². The predicted molar refractivity (Wildman–Crippen MR) is 105 cm³/mol. The van der Waals surface area contributed by atoms with Crippen molar-refractivity contribution in [3.05, 3.63) is 23.5 Å². The number of nitrogens with one attached hydrogen (secondary N) is 1. The van der Waals surface area contributed by atoms with Crippen molar-refractivity contribution >= 4 is 15.9 Å². The Hall–Kier alpha value is -1.22. The third kappa shape index (κ3) is 4.03. The van der Waals surface area contributed by atoms with E-state index in [1.54, 1.807) is 4.31 Å². The quantitative estimate of drug-likeness (QED) is 0.801. The van der Waals surface area contributed by atoms with Crippen molar-refractivity contribution in [2.75, 3.05) is 57.3 Å². The lowest BCUT2D eigenvalue weighted by Gasteiger charge is -2.37. The van der Waals surface area contributed by atoms with E-state index in [1.165, 1.54) is 9.99 Å². The molecule has 2 saturated heterocycles. The molecule has 0 saturated carbocycles. The molecule has 1 atom stereocenters. The smallest absolute Gasteiger partial charge is 0.282 e. The van der Waals surface area contributed by atoms with Gasteiger partial charge in [0.25, 0.3) is 10.2 Å². The van der Waals surface area contributed by atoms with Crippen LogP contribution in [0.4, 0.5) is 5.69 Å². The first-order chi connectivity index (χ1) is 12.5. The number of piperazine rings is 1. The lowest BCUT2D eigenvalue weighted by atomic mass is 10.0. The highest BCUT2D eigenvalue weighted by atomic mass is 32.2. The van der Waals surface area contributed by atoms with E-state index < -0.39 is 10.2 Å². The van der Waals surface area contributed by atoms with Gasteiger partial charge in [0.05, 0.1) is 0 Å². The summed E-state index contributed by atoms with van der Waals surface area (Å²) < 4.78 is 28.5. The van der Waals surface area contributed by atoms with Gasteiger partial charge in [0.15, 0.2) is 0 Å². The summed E-state index contributed by atoms with van der Waals surface area (Å²) in [5.74, 6) is 0.484. The summed E-state index contributed by atoms with van der Waals surface area (Å²) in [6.07, 6.45) is 1.13. The molecule has 26 heavy (non-hydrogen) atoms. The molecule has 0 aromatic carbocycles. The normalized spacial score (nSPS) is 22.3. The maximum absolute atomic E-state index is 12.7. The molecule has 1 unspecified atom stereocenters. The number of rotatable bonds is 6. The molecule has 0 amide bonds. The second-order valence-corrected chi connectivity index (χ2v) is 8.99. The molecule has 1 aromatic rings. The summed E-state index contributed by atoms with van der Waals surface area (Å²) in [5.41, 5.74) is 3.35. The van der Waals surface area contributed by atoms with Gasteiger partial charge in [0, 0.05) is 68.8 Å². The van der Waals surface area contributed by atoms with Gasteiger partial charge in [-0.1, -0.05) is 13.8 Å². The fourth-order valence-corrected chi connectivity index (χ4v) is 5.47. The number of hydrogen-bond donors (Lipinski definition) is 1. The average molecular weight is 382 g/mol. The Morgan fingerprint density at radius 3 is 2.46 bits per heavy atom. The highest BCUT2D eigenvalue weighted by molar-refractivity contribution is 7.86. The van der Waals surface area contributed by atoms with E-state index >= 15 is 0 Å². The minimum absolute atomic E-state index is 0.484. The molecule has 2 aliphatic rings. The SMILES string of the molecule is CCN(CC)S(=O)(=O)N1CCN(c2cc(C)nc(C3CCNC3)c2)CC1. The van der Waals surface area contributed by atoms with Crippen LogP contribution in [0.25, 0.3) is 0 Å². The minimum atomic E-state index is -3.34. The van der Waals surface area contributed by atoms with Crippen molar-refractivity contribution in [1.29, 1.82) is 0 Å². The Morgan fingerprint density at radius 1 is 1.19 bits per heavy atom. The van der Waals surface area contributed by atoms with E-state index in [2.05, 4.69) is 22.3 Å². The summed E-state index contributed by atoms with van der Waals surface area (Å²) in [6.45, 7) is 11.4. The number of aryl methyl sites for hydroxylation is 1. The van der Waals surface area contributed by atoms with Crippen molar-refractivity contribution in [1.82, 2.24) is 18.9 Å². The summed E-state index contributed by atoms with van der Waals surface area (Å²) in [5, 5.41) is 3.40. The third-order valence-corrected chi connectivity index (χ3v) is 7.59. The molecule has 146 valence electrons. The van der Waals surface area contributed by atoms with Crippen LogP contribution >= 0.6 is 0 Å². The van der Waals surface area contributed by atoms with Crippen LogP contribution in [0.3, 0.4) is 0 Å². The summed E-state index contributed by atoms with van der Waals surface area (Å²) in [7, 11) is -3.34. The fraction of sp³-hybridized carbons (Fsp3) is 0.722. The molecule has 3 heterocycles. The molecule has 1 N–H and O–H groups in total. The molecular formula is C18H31N5O2S. The molecule has 1 aromatic heterocycles. The zero-order valence-corrected chi connectivity index (χ0v) is 16.9. The van der Waals surface area contributed by atoms with Crippen LogP contribution in [0, 0.1) is 6.92 Å². The molecule has 2 fully saturated rings. The van der Waals surface area contributed by atoms with E-state index in [4.69, 9.17) is 4.98 Å². The lowest BCUT2D eigenvalue weighted by molar-refractivity contribution is 0.334. The standard InChI is InChI=1S/C18H31N5O2S/c1-4-22(5-2)26(24,25)23-10-8-21(9-11-23)17-12-15(3)20-18(13-17)16-6-7-19-14-16/h12-13,16,19H,4-11,14H2,1-3H3. The average Bonchev–Trinajstić information content (AvgIpc) is 3.17. The Bertz CT molecular complexity index is 706. The van der Waals surface area contributed by atoms with Gasteiger partial charge in [-0.15, -0.1) is 0 Å². The number of pyridine rings is 1. The minimum Gasteiger partial charge on any atom is -0.369 e. The van der Waals surface area contributed by atoms with Gasteiger partial charge in [0.2, 0.25) is 0 Å². The van der Waals surface area contributed by atoms with Gasteiger partial charge >= 0.3 is 0 Å². The van der Waals surface area contributed by atoms with E-state index in [9.17, 15) is 8.42 Å². The highest BCUT2D eigenvalue weighted by Crippen LogP contribution is 2.26. The van der Waals surface area contributed by atoms with Crippen LogP contribution in [-0.2, 0) is 10.2 Å². The maximum Gasteiger partial charge on any atom is 0.282 e. The highest BCUT2D eigenvalue weighted by Gasteiger charge is 2.31. The second kappa shape index (κ2) is 8.21. The van der Waals surface area contributed by atoms with Crippen LogP contribution in [0.15, 0.2) is 12.1 Å². The van der Waals surface area contributed by atoms with Crippen molar-refractivity contribution in [2.24, 2.45) is 0 Å². The van der Waals surface area contributed by atoms with E-state index in [-0.39, 0.29) is 0 Å². The lowest BCUT2D eigenvalue weighted by Crippen LogP contribution is -2.53. The Labute approximate surface area is 157 Å². The van der Waals surface area contributed by atoms with Gasteiger partial charge in [-0.05, 0) is 32.0 Å². The zero-order chi connectivity index (χ0) is 18.7. The first-order valence-electron chi connectivity index (χ1n) is 9.65. The van der Waals surface area contributed by atoms with Gasteiger partial charge in [-0.25, -0.2) is 0 Å². The molecule has 2 aliphatic heterocycles. The Kier molecular flexibility index (Phi) is 6.17. The van der Waals surface area contributed by atoms with Crippen LogP contribution in [0.2, 0.25) is 0 Å². The van der Waals surface area contributed by atoms with Gasteiger partial charge < -0.3 is 10.2 Å². The maximum atomic E-state index is 12.7.